The summed E-state index contributed by atoms with van der Waals surface area (Å²) in [6.07, 6.45) is 5.70. The summed E-state index contributed by atoms with van der Waals surface area (Å²) in [5.41, 5.74) is 1.22. The molecular weight excluding hydrogens is 358 g/mol. The molecule has 5 heterocycles. The molecule has 2 aliphatic heterocycles. The Kier molecular flexibility index (Phi) is 4.53. The lowest BCUT2D eigenvalue weighted by molar-refractivity contribution is 0.0945. The first kappa shape index (κ1) is 17.3. The molecular formula is C19H23N7O2. The minimum absolute atomic E-state index is 0.186. The van der Waals surface area contributed by atoms with Crippen LogP contribution in [-0.4, -0.2) is 67.3 Å². The van der Waals surface area contributed by atoms with Crippen molar-refractivity contribution in [3.63, 3.8) is 0 Å². The molecule has 5 rings (SSSR count). The molecule has 0 radical (unpaired) electrons. The molecule has 0 spiro atoms. The third-order valence-electron chi connectivity index (χ3n) is 5.56. The maximum absolute atomic E-state index is 12.6. The molecule has 1 saturated heterocycles. The largest absolute Gasteiger partial charge is 0.380 e. The van der Waals surface area contributed by atoms with E-state index in [1.807, 2.05) is 35.0 Å². The number of imidazole rings is 1. The predicted molar refractivity (Wildman–Crippen MR) is 101 cm³/mol. The number of ether oxygens (including phenoxy) is 1. The number of aromatic nitrogens is 5. The number of carbonyl (C=O) groups is 1. The number of amides is 1. The van der Waals surface area contributed by atoms with Crippen LogP contribution >= 0.6 is 0 Å². The second kappa shape index (κ2) is 7.33. The number of nitrogens with zero attached hydrogens (tertiary/aromatic N) is 6. The van der Waals surface area contributed by atoms with Crippen LogP contribution in [0.25, 0.3) is 5.65 Å². The van der Waals surface area contributed by atoms with Crippen molar-refractivity contribution in [1.29, 1.82) is 0 Å². The smallest absolute Gasteiger partial charge is 0.271 e. The molecule has 9 heteroatoms. The highest BCUT2D eigenvalue weighted by Gasteiger charge is 2.26. The van der Waals surface area contributed by atoms with Gasteiger partial charge in [-0.15, -0.1) is 10.2 Å². The van der Waals surface area contributed by atoms with Crippen molar-refractivity contribution in [3.05, 3.63) is 47.9 Å². The zero-order valence-corrected chi connectivity index (χ0v) is 15.6. The summed E-state index contributed by atoms with van der Waals surface area (Å²) < 4.78 is 9.49. The van der Waals surface area contributed by atoms with E-state index in [2.05, 4.69) is 30.0 Å². The van der Waals surface area contributed by atoms with Crippen molar-refractivity contribution >= 4 is 11.6 Å². The molecule has 3 aromatic heterocycles. The molecule has 1 amide bonds. The Bertz CT molecular complexity index is 964. The first-order valence-electron chi connectivity index (χ1n) is 9.72. The highest BCUT2D eigenvalue weighted by Crippen LogP contribution is 2.17. The van der Waals surface area contributed by atoms with Gasteiger partial charge >= 0.3 is 0 Å². The van der Waals surface area contributed by atoms with Crippen LogP contribution in [-0.2, 0) is 24.2 Å². The van der Waals surface area contributed by atoms with Gasteiger partial charge < -0.3 is 14.6 Å². The number of fused-ring (bicyclic) bond motifs is 2. The highest BCUT2D eigenvalue weighted by molar-refractivity contribution is 5.92. The van der Waals surface area contributed by atoms with Crippen molar-refractivity contribution in [2.45, 2.75) is 32.0 Å². The number of rotatable bonds is 4. The molecule has 0 aliphatic carbocycles. The van der Waals surface area contributed by atoms with Crippen molar-refractivity contribution in [2.75, 3.05) is 26.3 Å². The van der Waals surface area contributed by atoms with E-state index in [9.17, 15) is 4.79 Å². The van der Waals surface area contributed by atoms with Crippen molar-refractivity contribution in [3.8, 4) is 0 Å². The third-order valence-corrected chi connectivity index (χ3v) is 5.56. The molecule has 1 fully saturated rings. The summed E-state index contributed by atoms with van der Waals surface area (Å²) in [5, 5.41) is 11.1. The summed E-state index contributed by atoms with van der Waals surface area (Å²) in [6.45, 7) is 4.76. The van der Waals surface area contributed by atoms with Crippen molar-refractivity contribution in [1.82, 2.24) is 34.4 Å². The molecule has 3 aromatic rings. The fourth-order valence-corrected chi connectivity index (χ4v) is 3.98. The Morgan fingerprint density at radius 2 is 2.21 bits per heavy atom. The van der Waals surface area contributed by atoms with Gasteiger partial charge in [0, 0.05) is 51.1 Å². The molecule has 0 saturated carbocycles. The Hall–Kier alpha value is -2.78. The number of carbonyl (C=O) groups excluding carboxylic acids is 1. The van der Waals surface area contributed by atoms with E-state index in [-0.39, 0.29) is 5.91 Å². The summed E-state index contributed by atoms with van der Waals surface area (Å²) in [7, 11) is 0. The number of nitrogens with one attached hydrogen (secondary N) is 1. The molecule has 1 N–H and O–H groups in total. The van der Waals surface area contributed by atoms with Crippen LogP contribution in [0, 0.1) is 0 Å². The van der Waals surface area contributed by atoms with Crippen LogP contribution in [0.3, 0.4) is 0 Å². The number of pyridine rings is 1. The first-order chi connectivity index (χ1) is 13.8. The predicted octanol–water partition coefficient (Wildman–Crippen LogP) is 0.503. The first-order valence-corrected chi connectivity index (χ1v) is 9.72. The lowest BCUT2D eigenvalue weighted by atomic mass is 10.2. The van der Waals surface area contributed by atoms with E-state index >= 15 is 0 Å². The average molecular weight is 381 g/mol. The van der Waals surface area contributed by atoms with Crippen LogP contribution < -0.4 is 5.32 Å². The van der Waals surface area contributed by atoms with Crippen LogP contribution in [0.2, 0.25) is 0 Å². The van der Waals surface area contributed by atoms with Gasteiger partial charge in [0.1, 0.15) is 11.5 Å². The van der Waals surface area contributed by atoms with Gasteiger partial charge in [-0.2, -0.15) is 0 Å². The van der Waals surface area contributed by atoms with Crippen molar-refractivity contribution in [2.24, 2.45) is 0 Å². The average Bonchev–Trinajstić information content (AvgIpc) is 3.45. The van der Waals surface area contributed by atoms with E-state index in [0.717, 1.165) is 57.2 Å². The van der Waals surface area contributed by atoms with Gasteiger partial charge in [-0.05, 0) is 18.6 Å². The maximum Gasteiger partial charge on any atom is 0.271 e. The molecule has 2 aliphatic rings. The zero-order valence-electron chi connectivity index (χ0n) is 15.6. The summed E-state index contributed by atoms with van der Waals surface area (Å²) in [6, 6.07) is 6.22. The van der Waals surface area contributed by atoms with E-state index in [1.165, 1.54) is 0 Å². The molecule has 9 nitrogen and oxygen atoms in total. The number of hydrogen-bond acceptors (Lipinski definition) is 6. The van der Waals surface area contributed by atoms with Gasteiger partial charge in [0.2, 0.25) is 0 Å². The van der Waals surface area contributed by atoms with E-state index in [0.29, 0.717) is 24.1 Å². The second-order valence-corrected chi connectivity index (χ2v) is 7.27. The molecule has 0 bridgehead atoms. The van der Waals surface area contributed by atoms with E-state index < -0.39 is 0 Å². The maximum atomic E-state index is 12.6. The van der Waals surface area contributed by atoms with E-state index in [4.69, 9.17) is 4.74 Å². The topological polar surface area (TPSA) is 89.6 Å². The summed E-state index contributed by atoms with van der Waals surface area (Å²) in [5.74, 6) is 1.48. The molecule has 1 atom stereocenters. The van der Waals surface area contributed by atoms with E-state index in [1.54, 1.807) is 0 Å². The summed E-state index contributed by atoms with van der Waals surface area (Å²) >= 11 is 0. The minimum atomic E-state index is -0.186. The SMILES string of the molecule is O=C(NCc1nnc2ccccn12)c1cn2c(n1)CCN(C1CCOC1)CC2. The Morgan fingerprint density at radius 1 is 1.25 bits per heavy atom. The van der Waals surface area contributed by atoms with Gasteiger partial charge in [0.25, 0.3) is 5.91 Å². The quantitative estimate of drug-likeness (QED) is 0.708. The van der Waals surface area contributed by atoms with Gasteiger partial charge in [-0.1, -0.05) is 6.07 Å². The van der Waals surface area contributed by atoms with Crippen LogP contribution in [0.15, 0.2) is 30.6 Å². The fraction of sp³-hybridized carbons (Fsp3) is 0.474. The lowest BCUT2D eigenvalue weighted by Crippen LogP contribution is -2.37. The third kappa shape index (κ3) is 3.27. The monoisotopic (exact) mass is 381 g/mol. The van der Waals surface area contributed by atoms with Gasteiger partial charge in [-0.3, -0.25) is 14.1 Å². The molecule has 0 aromatic carbocycles. The fourth-order valence-electron chi connectivity index (χ4n) is 3.98. The number of hydrogen-bond donors (Lipinski definition) is 1. The van der Waals surface area contributed by atoms with Crippen LogP contribution in [0.5, 0.6) is 0 Å². The van der Waals surface area contributed by atoms with Gasteiger partial charge in [0.05, 0.1) is 13.2 Å². The summed E-state index contributed by atoms with van der Waals surface area (Å²) in [4.78, 5) is 19.7. The molecule has 1 unspecified atom stereocenters. The van der Waals surface area contributed by atoms with Crippen LogP contribution in [0.1, 0.15) is 28.6 Å². The molecule has 146 valence electrons. The lowest BCUT2D eigenvalue weighted by Gasteiger charge is -2.25. The molecule has 28 heavy (non-hydrogen) atoms. The van der Waals surface area contributed by atoms with Crippen molar-refractivity contribution < 1.29 is 9.53 Å². The standard InChI is InChI=1S/C19H23N7O2/c27-19(20-11-18-23-22-17-3-1-2-6-26(17)18)15-12-25-9-8-24(7-4-16(25)21-15)14-5-10-28-13-14/h1-3,6,12,14H,4-5,7-11,13H2,(H,20,27). The zero-order chi connectivity index (χ0) is 18.9. The Balaban J connectivity index is 1.23. The normalized spacial score (nSPS) is 20.2. The van der Waals surface area contributed by atoms with Gasteiger partial charge in [-0.25, -0.2) is 4.98 Å². The minimum Gasteiger partial charge on any atom is -0.380 e. The van der Waals surface area contributed by atoms with Gasteiger partial charge in [0.15, 0.2) is 11.5 Å². The highest BCUT2D eigenvalue weighted by atomic mass is 16.5. The Morgan fingerprint density at radius 3 is 3.11 bits per heavy atom. The second-order valence-electron chi connectivity index (χ2n) is 7.27. The van der Waals surface area contributed by atoms with Crippen LogP contribution in [0.4, 0.5) is 0 Å². The Labute approximate surface area is 162 Å².